The fourth-order valence-electron chi connectivity index (χ4n) is 2.94. The zero-order valence-electron chi connectivity index (χ0n) is 15.5. The predicted octanol–water partition coefficient (Wildman–Crippen LogP) is 1.73. The van der Waals surface area contributed by atoms with Crippen LogP contribution in [-0.2, 0) is 22.5 Å². The topological polar surface area (TPSA) is 76.5 Å². The molecule has 1 aromatic carbocycles. The molecule has 1 aliphatic rings. The Balaban J connectivity index is 1.87. The molecule has 27 heavy (non-hydrogen) atoms. The minimum atomic E-state index is -0.434. The number of aromatic nitrogens is 2. The van der Waals surface area contributed by atoms with E-state index in [0.29, 0.717) is 50.1 Å². The maximum Gasteiger partial charge on any atom is 0.255 e. The molecule has 8 heteroatoms. The van der Waals surface area contributed by atoms with Crippen LogP contribution in [0, 0.1) is 12.7 Å². The van der Waals surface area contributed by atoms with Crippen LogP contribution < -0.4 is 15.8 Å². The Kier molecular flexibility index (Phi) is 5.85. The molecule has 0 radical (unpaired) electrons. The molecule has 1 aliphatic heterocycles. The first-order valence-electron chi connectivity index (χ1n) is 8.97. The molecule has 2 aromatic rings. The molecular formula is C19H23FN4O3. The monoisotopic (exact) mass is 374 g/mol. The number of hydrogen-bond donors (Lipinski definition) is 1. The molecule has 1 aromatic heterocycles. The molecule has 144 valence electrons. The van der Waals surface area contributed by atoms with Gasteiger partial charge < -0.3 is 15.0 Å². The molecule has 1 fully saturated rings. The summed E-state index contributed by atoms with van der Waals surface area (Å²) in [6, 6.07) is 5.63. The van der Waals surface area contributed by atoms with Crippen molar-refractivity contribution in [3.63, 3.8) is 0 Å². The van der Waals surface area contributed by atoms with Crippen molar-refractivity contribution in [3.05, 3.63) is 51.7 Å². The second-order valence-corrected chi connectivity index (χ2v) is 6.43. The van der Waals surface area contributed by atoms with Crippen molar-refractivity contribution in [1.82, 2.24) is 9.55 Å². The van der Waals surface area contributed by atoms with Gasteiger partial charge in [0.05, 0.1) is 13.2 Å². The Hall–Kier alpha value is -2.74. The summed E-state index contributed by atoms with van der Waals surface area (Å²) in [5.41, 5.74) is 1.53. The summed E-state index contributed by atoms with van der Waals surface area (Å²) in [5, 5.41) is 2.68. The average Bonchev–Trinajstić information content (AvgIpc) is 2.66. The van der Waals surface area contributed by atoms with Gasteiger partial charge in [0.15, 0.2) is 0 Å². The van der Waals surface area contributed by atoms with Crippen LogP contribution in [-0.4, -0.2) is 41.8 Å². The van der Waals surface area contributed by atoms with Crippen LogP contribution in [0.2, 0.25) is 0 Å². The van der Waals surface area contributed by atoms with Crippen molar-refractivity contribution in [2.75, 3.05) is 36.5 Å². The van der Waals surface area contributed by atoms with Gasteiger partial charge in [0.25, 0.3) is 5.56 Å². The summed E-state index contributed by atoms with van der Waals surface area (Å²) < 4.78 is 20.2. The van der Waals surface area contributed by atoms with Crippen molar-refractivity contribution in [2.24, 2.45) is 0 Å². The second-order valence-electron chi connectivity index (χ2n) is 6.43. The molecule has 7 nitrogen and oxygen atoms in total. The van der Waals surface area contributed by atoms with E-state index in [-0.39, 0.29) is 12.1 Å². The highest BCUT2D eigenvalue weighted by Crippen LogP contribution is 2.17. The summed E-state index contributed by atoms with van der Waals surface area (Å²) >= 11 is 0. The molecule has 3 rings (SSSR count). The molecule has 0 saturated carbocycles. The van der Waals surface area contributed by atoms with E-state index in [9.17, 15) is 14.0 Å². The van der Waals surface area contributed by atoms with Crippen LogP contribution in [0.3, 0.4) is 0 Å². The van der Waals surface area contributed by atoms with Crippen molar-refractivity contribution < 1.29 is 13.9 Å². The van der Waals surface area contributed by atoms with Gasteiger partial charge in [0.1, 0.15) is 12.4 Å². The van der Waals surface area contributed by atoms with Gasteiger partial charge in [-0.15, -0.1) is 0 Å². The third kappa shape index (κ3) is 4.51. The van der Waals surface area contributed by atoms with Crippen LogP contribution in [0.25, 0.3) is 0 Å². The number of hydrogen-bond acceptors (Lipinski definition) is 5. The number of halogens is 1. The highest BCUT2D eigenvalue weighted by Gasteiger charge is 2.20. The number of ether oxygens (including phenoxy) is 1. The fraction of sp³-hybridized carbons (Fsp3) is 0.421. The smallest absolute Gasteiger partial charge is 0.255 e. The predicted molar refractivity (Wildman–Crippen MR) is 101 cm³/mol. The van der Waals surface area contributed by atoms with E-state index >= 15 is 0 Å². The quantitative estimate of drug-likeness (QED) is 0.863. The molecule has 0 spiro atoms. The van der Waals surface area contributed by atoms with Gasteiger partial charge >= 0.3 is 0 Å². The Labute approximate surface area is 156 Å². The van der Waals surface area contributed by atoms with Crippen molar-refractivity contribution >= 4 is 17.5 Å². The molecule has 1 saturated heterocycles. The number of benzene rings is 1. The molecular weight excluding hydrogens is 351 g/mol. The normalized spacial score (nSPS) is 14.3. The van der Waals surface area contributed by atoms with Crippen LogP contribution >= 0.6 is 0 Å². The summed E-state index contributed by atoms with van der Waals surface area (Å²) in [7, 11) is 0. The number of carbonyl (C=O) groups excluding carboxylic acids is 1. The third-order valence-corrected chi connectivity index (χ3v) is 4.47. The molecule has 0 aliphatic carbocycles. The lowest BCUT2D eigenvalue weighted by Gasteiger charge is -2.29. The molecule has 0 atom stereocenters. The number of amides is 1. The molecule has 0 unspecified atom stereocenters. The van der Waals surface area contributed by atoms with Crippen LogP contribution in [0.15, 0.2) is 29.1 Å². The fourth-order valence-corrected chi connectivity index (χ4v) is 2.94. The van der Waals surface area contributed by atoms with Gasteiger partial charge in [0, 0.05) is 30.5 Å². The lowest BCUT2D eigenvalue weighted by atomic mass is 10.2. The number of nitrogens with one attached hydrogen (secondary N) is 1. The van der Waals surface area contributed by atoms with Crippen molar-refractivity contribution in [1.29, 1.82) is 0 Å². The van der Waals surface area contributed by atoms with Gasteiger partial charge in [-0.25, -0.2) is 9.37 Å². The molecule has 0 bridgehead atoms. The maximum atomic E-state index is 13.4. The van der Waals surface area contributed by atoms with Gasteiger partial charge in [-0.05, 0) is 31.0 Å². The molecule has 2 heterocycles. The lowest BCUT2D eigenvalue weighted by Crippen LogP contribution is -2.42. The average molecular weight is 374 g/mol. The minimum absolute atomic E-state index is 0.196. The summed E-state index contributed by atoms with van der Waals surface area (Å²) in [6.07, 6.45) is 0.627. The van der Waals surface area contributed by atoms with E-state index in [1.807, 2.05) is 11.8 Å². The number of nitrogens with zero attached hydrogens (tertiary/aromatic N) is 3. The van der Waals surface area contributed by atoms with Gasteiger partial charge in [-0.1, -0.05) is 13.0 Å². The molecule has 1 N–H and O–H groups in total. The van der Waals surface area contributed by atoms with E-state index in [0.717, 1.165) is 5.56 Å². The second kappa shape index (κ2) is 8.30. The highest BCUT2D eigenvalue weighted by molar-refractivity contribution is 5.91. The zero-order valence-corrected chi connectivity index (χ0v) is 15.5. The summed E-state index contributed by atoms with van der Waals surface area (Å²) in [6.45, 7) is 5.79. The molecule has 1 amide bonds. The van der Waals surface area contributed by atoms with Gasteiger partial charge in [-0.3, -0.25) is 14.2 Å². The van der Waals surface area contributed by atoms with Crippen LogP contribution in [0.1, 0.15) is 18.2 Å². The van der Waals surface area contributed by atoms with Crippen LogP contribution in [0.5, 0.6) is 0 Å². The van der Waals surface area contributed by atoms with Gasteiger partial charge in [-0.2, -0.15) is 0 Å². The Morgan fingerprint density at radius 3 is 2.74 bits per heavy atom. The number of anilines is 2. The Bertz CT molecular complexity index is 891. The van der Waals surface area contributed by atoms with Crippen molar-refractivity contribution in [2.45, 2.75) is 26.8 Å². The van der Waals surface area contributed by atoms with E-state index in [1.54, 1.807) is 13.0 Å². The lowest BCUT2D eigenvalue weighted by molar-refractivity contribution is -0.116. The van der Waals surface area contributed by atoms with Crippen molar-refractivity contribution in [3.8, 4) is 0 Å². The van der Waals surface area contributed by atoms with Gasteiger partial charge in [0.2, 0.25) is 11.9 Å². The third-order valence-electron chi connectivity index (χ3n) is 4.47. The first-order valence-corrected chi connectivity index (χ1v) is 8.97. The number of rotatable bonds is 5. The number of morpholine rings is 1. The van der Waals surface area contributed by atoms with E-state index in [4.69, 9.17) is 4.74 Å². The highest BCUT2D eigenvalue weighted by atomic mass is 19.1. The Morgan fingerprint density at radius 2 is 2.04 bits per heavy atom. The summed E-state index contributed by atoms with van der Waals surface area (Å²) in [5.74, 6) is -0.379. The zero-order chi connectivity index (χ0) is 19.4. The number of aryl methyl sites for hydroxylation is 2. The standard InChI is InChI=1S/C19H23FN4O3/c1-3-15-11-18(26)24(19(21-15)23-6-8-27-9-7-23)12-17(25)22-16-10-14(20)5-4-13(16)2/h4-5,10-11H,3,6-9,12H2,1-2H3,(H,22,25). The Morgan fingerprint density at radius 1 is 1.30 bits per heavy atom. The minimum Gasteiger partial charge on any atom is -0.378 e. The van der Waals surface area contributed by atoms with Crippen LogP contribution in [0.4, 0.5) is 16.0 Å². The van der Waals surface area contributed by atoms with E-state index in [2.05, 4.69) is 10.3 Å². The largest absolute Gasteiger partial charge is 0.378 e. The van der Waals surface area contributed by atoms with E-state index < -0.39 is 11.7 Å². The van der Waals surface area contributed by atoms with E-state index in [1.165, 1.54) is 22.8 Å². The number of carbonyl (C=O) groups is 1. The first-order chi connectivity index (χ1) is 13.0. The first kappa shape index (κ1) is 19.0. The summed E-state index contributed by atoms with van der Waals surface area (Å²) in [4.78, 5) is 31.6. The maximum absolute atomic E-state index is 13.4. The SMILES string of the molecule is CCc1cc(=O)n(CC(=O)Nc2cc(F)ccc2C)c(N2CCOCC2)n1.